The zero-order chi connectivity index (χ0) is 17.5. The van der Waals surface area contributed by atoms with Gasteiger partial charge in [0.05, 0.1) is 6.54 Å². The van der Waals surface area contributed by atoms with Gasteiger partial charge >= 0.3 is 0 Å². The van der Waals surface area contributed by atoms with E-state index >= 15 is 0 Å². The second-order valence-electron chi connectivity index (χ2n) is 7.42. The highest BCUT2D eigenvalue weighted by molar-refractivity contribution is 5.80. The van der Waals surface area contributed by atoms with Crippen LogP contribution in [0.4, 0.5) is 0 Å². The van der Waals surface area contributed by atoms with Gasteiger partial charge in [-0.1, -0.05) is 32.9 Å². The van der Waals surface area contributed by atoms with Crippen molar-refractivity contribution < 1.29 is 4.52 Å². The normalized spacial score (nSPS) is 18.9. The van der Waals surface area contributed by atoms with Crippen LogP contribution >= 0.6 is 0 Å². The first-order chi connectivity index (χ1) is 11.5. The van der Waals surface area contributed by atoms with Crippen LogP contribution < -0.4 is 5.32 Å². The summed E-state index contributed by atoms with van der Waals surface area (Å²) in [7, 11) is 0. The molecule has 136 valence electrons. The Morgan fingerprint density at radius 1 is 1.38 bits per heavy atom. The van der Waals surface area contributed by atoms with Crippen molar-refractivity contribution in [3.8, 4) is 0 Å². The molecule has 0 aliphatic carbocycles. The maximum atomic E-state index is 5.29. The Labute approximate surface area is 146 Å². The highest BCUT2D eigenvalue weighted by Crippen LogP contribution is 2.23. The molecule has 1 aromatic heterocycles. The topological polar surface area (TPSA) is 66.5 Å². The van der Waals surface area contributed by atoms with E-state index in [0.717, 1.165) is 43.3 Å². The van der Waals surface area contributed by atoms with E-state index in [4.69, 9.17) is 9.52 Å². The summed E-state index contributed by atoms with van der Waals surface area (Å²) in [6.45, 7) is 14.6. The molecule has 0 aromatic carbocycles. The van der Waals surface area contributed by atoms with Gasteiger partial charge in [-0.2, -0.15) is 4.98 Å². The first kappa shape index (κ1) is 18.7. The highest BCUT2D eigenvalue weighted by atomic mass is 16.5. The van der Waals surface area contributed by atoms with Crippen molar-refractivity contribution in [3.05, 3.63) is 11.7 Å². The van der Waals surface area contributed by atoms with Gasteiger partial charge in [-0.05, 0) is 31.6 Å². The average Bonchev–Trinajstić information content (AvgIpc) is 3.15. The molecule has 0 bridgehead atoms. The number of nitrogens with zero attached hydrogens (tertiary/aromatic N) is 4. The third-order valence-electron chi connectivity index (χ3n) is 4.31. The van der Waals surface area contributed by atoms with Crippen molar-refractivity contribution >= 4 is 5.96 Å². The molecule has 1 N–H and O–H groups in total. The lowest BCUT2D eigenvalue weighted by molar-refractivity contribution is 0.372. The first-order valence-corrected chi connectivity index (χ1v) is 9.35. The average molecular weight is 335 g/mol. The van der Waals surface area contributed by atoms with E-state index in [0.29, 0.717) is 24.8 Å². The fourth-order valence-electron chi connectivity index (χ4n) is 3.17. The molecular weight excluding hydrogens is 302 g/mol. The van der Waals surface area contributed by atoms with Gasteiger partial charge in [-0.25, -0.2) is 0 Å². The molecule has 6 nitrogen and oxygen atoms in total. The number of aromatic nitrogens is 2. The maximum absolute atomic E-state index is 5.29. The minimum atomic E-state index is 0.297. The monoisotopic (exact) mass is 335 g/mol. The molecule has 2 heterocycles. The molecule has 0 amide bonds. The van der Waals surface area contributed by atoms with E-state index < -0.39 is 0 Å². The Balaban J connectivity index is 1.88. The summed E-state index contributed by atoms with van der Waals surface area (Å²) in [5, 5.41) is 7.42. The smallest absolute Gasteiger partial charge is 0.228 e. The van der Waals surface area contributed by atoms with Crippen LogP contribution in [0, 0.1) is 11.8 Å². The molecule has 1 aromatic rings. The van der Waals surface area contributed by atoms with E-state index in [9.17, 15) is 0 Å². The van der Waals surface area contributed by atoms with Gasteiger partial charge < -0.3 is 14.7 Å². The van der Waals surface area contributed by atoms with Crippen LogP contribution in [0.25, 0.3) is 0 Å². The zero-order valence-electron chi connectivity index (χ0n) is 15.9. The second kappa shape index (κ2) is 9.04. The molecule has 6 heteroatoms. The van der Waals surface area contributed by atoms with E-state index in [1.807, 2.05) is 0 Å². The molecular formula is C18H33N5O. The number of hydrogen-bond donors (Lipinski definition) is 1. The van der Waals surface area contributed by atoms with Crippen molar-refractivity contribution in [1.82, 2.24) is 20.4 Å². The van der Waals surface area contributed by atoms with Crippen LogP contribution in [-0.2, 0) is 6.42 Å². The number of rotatable bonds is 7. The summed E-state index contributed by atoms with van der Waals surface area (Å²) in [5.41, 5.74) is 0. The first-order valence-electron chi connectivity index (χ1n) is 9.35. The Morgan fingerprint density at radius 2 is 2.17 bits per heavy atom. The van der Waals surface area contributed by atoms with E-state index in [1.165, 1.54) is 12.8 Å². The van der Waals surface area contributed by atoms with Gasteiger partial charge in [-0.15, -0.1) is 0 Å². The predicted octanol–water partition coefficient (Wildman–Crippen LogP) is 3.07. The fraction of sp³-hybridized carbons (Fsp3) is 0.833. The predicted molar refractivity (Wildman–Crippen MR) is 97.2 cm³/mol. The molecule has 0 spiro atoms. The minimum absolute atomic E-state index is 0.297. The highest BCUT2D eigenvalue weighted by Gasteiger charge is 2.25. The Bertz CT molecular complexity index is 523. The Hall–Kier alpha value is -1.59. The molecule has 0 saturated carbocycles. The molecule has 1 atom stereocenters. The van der Waals surface area contributed by atoms with E-state index in [-0.39, 0.29) is 0 Å². The number of aliphatic imine (C=N–C) groups is 1. The molecule has 1 fully saturated rings. The van der Waals surface area contributed by atoms with Crippen molar-refractivity contribution in [1.29, 1.82) is 0 Å². The molecule has 1 aliphatic rings. The van der Waals surface area contributed by atoms with Gasteiger partial charge in [0.25, 0.3) is 0 Å². The van der Waals surface area contributed by atoms with Crippen LogP contribution in [0.15, 0.2) is 9.52 Å². The van der Waals surface area contributed by atoms with Crippen LogP contribution in [-0.4, -0.2) is 47.2 Å². The summed E-state index contributed by atoms with van der Waals surface area (Å²) < 4.78 is 5.29. The quantitative estimate of drug-likeness (QED) is 0.613. The third-order valence-corrected chi connectivity index (χ3v) is 4.31. The SMILES string of the molecule is CCNC(=NCCc1nc(C(C)C)no1)N1CCC(CC(C)C)C1. The van der Waals surface area contributed by atoms with Gasteiger partial charge in [0.15, 0.2) is 11.8 Å². The van der Waals surface area contributed by atoms with E-state index in [2.05, 4.69) is 55.0 Å². The maximum Gasteiger partial charge on any atom is 0.228 e. The van der Waals surface area contributed by atoms with Gasteiger partial charge in [0.2, 0.25) is 5.89 Å². The molecule has 1 saturated heterocycles. The largest absolute Gasteiger partial charge is 0.357 e. The van der Waals surface area contributed by atoms with Crippen LogP contribution in [0.1, 0.15) is 65.1 Å². The summed E-state index contributed by atoms with van der Waals surface area (Å²) >= 11 is 0. The number of nitrogens with one attached hydrogen (secondary N) is 1. The Kier molecular flexibility index (Phi) is 7.06. The molecule has 24 heavy (non-hydrogen) atoms. The number of guanidine groups is 1. The third kappa shape index (κ3) is 5.49. The molecule has 0 radical (unpaired) electrons. The summed E-state index contributed by atoms with van der Waals surface area (Å²) in [6, 6.07) is 0. The lowest BCUT2D eigenvalue weighted by atomic mass is 9.97. The van der Waals surface area contributed by atoms with Gasteiger partial charge in [-0.3, -0.25) is 4.99 Å². The Morgan fingerprint density at radius 3 is 2.79 bits per heavy atom. The summed E-state index contributed by atoms with van der Waals surface area (Å²) in [6.07, 6.45) is 3.26. The van der Waals surface area contributed by atoms with Gasteiger partial charge in [0, 0.05) is 32.0 Å². The minimum Gasteiger partial charge on any atom is -0.357 e. The molecule has 1 unspecified atom stereocenters. The van der Waals surface area contributed by atoms with Crippen LogP contribution in [0.3, 0.4) is 0 Å². The number of likely N-dealkylation sites (tertiary alicyclic amines) is 1. The summed E-state index contributed by atoms with van der Waals surface area (Å²) in [4.78, 5) is 11.6. The van der Waals surface area contributed by atoms with E-state index in [1.54, 1.807) is 0 Å². The van der Waals surface area contributed by atoms with Crippen LogP contribution in [0.2, 0.25) is 0 Å². The van der Waals surface area contributed by atoms with Gasteiger partial charge in [0.1, 0.15) is 0 Å². The number of hydrogen-bond acceptors (Lipinski definition) is 4. The standard InChI is InChI=1S/C18H33N5O/c1-6-19-18(23-10-8-15(12-23)11-13(2)3)20-9-7-16-21-17(14(4)5)22-24-16/h13-15H,6-12H2,1-5H3,(H,19,20). The molecule has 1 aliphatic heterocycles. The van der Waals surface area contributed by atoms with Crippen LogP contribution in [0.5, 0.6) is 0 Å². The zero-order valence-corrected chi connectivity index (χ0v) is 15.9. The fourth-order valence-corrected chi connectivity index (χ4v) is 3.17. The summed E-state index contributed by atoms with van der Waals surface area (Å²) in [5.74, 6) is 4.33. The van der Waals surface area contributed by atoms with Crippen molar-refractivity contribution in [3.63, 3.8) is 0 Å². The molecule has 2 rings (SSSR count). The second-order valence-corrected chi connectivity index (χ2v) is 7.42. The lowest BCUT2D eigenvalue weighted by Crippen LogP contribution is -2.40. The van der Waals surface area contributed by atoms with Crippen molar-refractivity contribution in [2.75, 3.05) is 26.2 Å². The lowest BCUT2D eigenvalue weighted by Gasteiger charge is -2.22. The van der Waals surface area contributed by atoms with Crippen molar-refractivity contribution in [2.24, 2.45) is 16.8 Å². The van der Waals surface area contributed by atoms with Crippen molar-refractivity contribution in [2.45, 2.75) is 59.8 Å².